The second-order valence-electron chi connectivity index (χ2n) is 9.48. The van der Waals surface area contributed by atoms with Gasteiger partial charge >= 0.3 is 0 Å². The Morgan fingerprint density at radius 1 is 0.929 bits per heavy atom. The Morgan fingerprint density at radius 2 is 1.64 bits per heavy atom. The van der Waals surface area contributed by atoms with Crippen LogP contribution in [0.5, 0.6) is 5.75 Å². The molecule has 1 unspecified atom stereocenters. The van der Waals surface area contributed by atoms with Gasteiger partial charge in [0.2, 0.25) is 11.8 Å². The summed E-state index contributed by atoms with van der Waals surface area (Å²) >= 11 is 18.7. The highest BCUT2D eigenvalue weighted by Crippen LogP contribution is 2.32. The van der Waals surface area contributed by atoms with Gasteiger partial charge in [-0.3, -0.25) is 13.9 Å². The molecular weight excluding hydrogens is 621 g/mol. The normalized spacial score (nSPS) is 12.0. The van der Waals surface area contributed by atoms with E-state index in [1.54, 1.807) is 43.3 Å². The van der Waals surface area contributed by atoms with E-state index < -0.39 is 28.5 Å². The van der Waals surface area contributed by atoms with Gasteiger partial charge in [0.05, 0.1) is 32.8 Å². The Kier molecular flexibility index (Phi) is 12.4. The van der Waals surface area contributed by atoms with E-state index in [4.69, 9.17) is 39.5 Å². The summed E-state index contributed by atoms with van der Waals surface area (Å²) in [5.74, 6) is -0.575. The van der Waals surface area contributed by atoms with Gasteiger partial charge in [-0.05, 0) is 60.9 Å². The number of hydrogen-bond donors (Lipinski definition) is 1. The Labute approximate surface area is 262 Å². The number of methoxy groups -OCH3 is 1. The second kappa shape index (κ2) is 15.5. The average molecular weight is 655 g/mol. The molecule has 0 aliphatic rings. The number of nitrogens with zero attached hydrogens (tertiary/aromatic N) is 2. The fourth-order valence-corrected chi connectivity index (χ4v) is 6.32. The van der Waals surface area contributed by atoms with Gasteiger partial charge in [0, 0.05) is 13.1 Å². The highest BCUT2D eigenvalue weighted by atomic mass is 35.5. The molecule has 0 aliphatic carbocycles. The highest BCUT2D eigenvalue weighted by Gasteiger charge is 2.34. The summed E-state index contributed by atoms with van der Waals surface area (Å²) in [6.07, 6.45) is 1.97. The number of hydrogen-bond acceptors (Lipinski definition) is 5. The maximum atomic E-state index is 14.1. The van der Waals surface area contributed by atoms with Crippen molar-refractivity contribution in [3.8, 4) is 5.75 Å². The zero-order chi connectivity index (χ0) is 30.9. The number of amides is 2. The molecule has 3 aromatic rings. The number of carbonyl (C=O) groups is 2. The maximum Gasteiger partial charge on any atom is 0.264 e. The zero-order valence-corrected chi connectivity index (χ0v) is 26.7. The molecule has 0 radical (unpaired) electrons. The fourth-order valence-electron chi connectivity index (χ4n) is 4.32. The van der Waals surface area contributed by atoms with Crippen molar-refractivity contribution in [2.45, 2.75) is 50.6 Å². The van der Waals surface area contributed by atoms with Crippen LogP contribution in [0, 0.1) is 0 Å². The lowest BCUT2D eigenvalue weighted by Crippen LogP contribution is -2.52. The van der Waals surface area contributed by atoms with Crippen molar-refractivity contribution >= 4 is 62.3 Å². The van der Waals surface area contributed by atoms with Gasteiger partial charge in [0.1, 0.15) is 18.3 Å². The van der Waals surface area contributed by atoms with E-state index in [1.807, 2.05) is 6.92 Å². The highest BCUT2D eigenvalue weighted by molar-refractivity contribution is 7.92. The van der Waals surface area contributed by atoms with Crippen molar-refractivity contribution in [2.24, 2.45) is 0 Å². The number of sulfonamides is 1. The summed E-state index contributed by atoms with van der Waals surface area (Å²) in [7, 11) is -2.78. The lowest BCUT2D eigenvalue weighted by molar-refractivity contribution is -0.140. The van der Waals surface area contributed by atoms with Crippen LogP contribution in [0.15, 0.2) is 71.6 Å². The van der Waals surface area contributed by atoms with Crippen molar-refractivity contribution in [2.75, 3.05) is 24.5 Å². The summed E-state index contributed by atoms with van der Waals surface area (Å²) in [5, 5.41) is 3.71. The molecule has 12 heteroatoms. The topological polar surface area (TPSA) is 96.0 Å². The van der Waals surface area contributed by atoms with Crippen LogP contribution in [-0.4, -0.2) is 51.4 Å². The molecule has 8 nitrogen and oxygen atoms in total. The van der Waals surface area contributed by atoms with E-state index in [-0.39, 0.29) is 28.1 Å². The smallest absolute Gasteiger partial charge is 0.264 e. The van der Waals surface area contributed by atoms with Crippen molar-refractivity contribution in [1.29, 1.82) is 0 Å². The third-order valence-electron chi connectivity index (χ3n) is 6.59. The molecule has 0 heterocycles. The summed E-state index contributed by atoms with van der Waals surface area (Å²) in [6, 6.07) is 16.3. The molecule has 0 saturated carbocycles. The minimum absolute atomic E-state index is 0.00196. The average Bonchev–Trinajstić information content (AvgIpc) is 2.98. The first kappa shape index (κ1) is 33.5. The van der Waals surface area contributed by atoms with Crippen LogP contribution in [0.25, 0.3) is 0 Å². The van der Waals surface area contributed by atoms with Crippen LogP contribution in [0.3, 0.4) is 0 Å². The van der Waals surface area contributed by atoms with Gasteiger partial charge in [-0.25, -0.2) is 8.42 Å². The summed E-state index contributed by atoms with van der Waals surface area (Å²) < 4.78 is 34.0. The first-order chi connectivity index (χ1) is 20.0. The van der Waals surface area contributed by atoms with Crippen LogP contribution >= 0.6 is 34.8 Å². The van der Waals surface area contributed by atoms with Gasteiger partial charge in [-0.1, -0.05) is 79.3 Å². The van der Waals surface area contributed by atoms with E-state index >= 15 is 0 Å². The van der Waals surface area contributed by atoms with Gasteiger partial charge in [0.15, 0.2) is 0 Å². The van der Waals surface area contributed by atoms with Crippen LogP contribution in [0.1, 0.15) is 38.7 Å². The number of benzene rings is 3. The Hall–Kier alpha value is -2.98. The number of halogens is 3. The molecule has 0 bridgehead atoms. The van der Waals surface area contributed by atoms with Crippen molar-refractivity contribution in [3.05, 3.63) is 87.4 Å². The lowest BCUT2D eigenvalue weighted by atomic mass is 10.1. The number of ether oxygens (including phenoxy) is 1. The van der Waals surface area contributed by atoms with Gasteiger partial charge in [-0.2, -0.15) is 0 Å². The number of carbonyl (C=O) groups excluding carboxylic acids is 2. The van der Waals surface area contributed by atoms with Crippen molar-refractivity contribution in [3.63, 3.8) is 0 Å². The minimum Gasteiger partial charge on any atom is -0.495 e. The first-order valence-electron chi connectivity index (χ1n) is 13.5. The SMILES string of the molecule is CCCCNC(=O)C(CC)N(Cc1ccc(Cl)c(Cl)c1)C(=O)CN(c1ccc(OC)c(Cl)c1)S(=O)(=O)c1ccccc1. The molecule has 3 aromatic carbocycles. The van der Waals surface area contributed by atoms with Gasteiger partial charge in [-0.15, -0.1) is 0 Å². The number of anilines is 1. The van der Waals surface area contributed by atoms with Crippen LogP contribution < -0.4 is 14.4 Å². The molecule has 0 aromatic heterocycles. The van der Waals surface area contributed by atoms with E-state index in [0.29, 0.717) is 34.3 Å². The Balaban J connectivity index is 2.07. The molecular formula is C30H34Cl3N3O5S. The quantitative estimate of drug-likeness (QED) is 0.198. The van der Waals surface area contributed by atoms with Crippen molar-refractivity contribution < 1.29 is 22.7 Å². The van der Waals surface area contributed by atoms with Crippen molar-refractivity contribution in [1.82, 2.24) is 10.2 Å². The maximum absolute atomic E-state index is 14.1. The van der Waals surface area contributed by atoms with Crippen LogP contribution in [0.2, 0.25) is 15.1 Å². The first-order valence-corrected chi connectivity index (χ1v) is 16.0. The Morgan fingerprint density at radius 3 is 2.24 bits per heavy atom. The summed E-state index contributed by atoms with van der Waals surface area (Å²) in [5.41, 5.74) is 0.787. The molecule has 3 rings (SSSR count). The summed E-state index contributed by atoms with van der Waals surface area (Å²) in [6.45, 7) is 3.66. The molecule has 1 N–H and O–H groups in total. The molecule has 1 atom stereocenters. The van der Waals surface area contributed by atoms with Gasteiger partial charge in [0.25, 0.3) is 10.0 Å². The van der Waals surface area contributed by atoms with E-state index in [1.165, 1.54) is 42.3 Å². The Bertz CT molecular complexity index is 1490. The largest absolute Gasteiger partial charge is 0.495 e. The standard InChI is InChI=1S/C30H34Cl3N3O5S/c1-4-6-16-34-30(38)27(5-2)35(19-21-12-14-24(31)25(32)17-21)29(37)20-36(22-13-15-28(41-3)26(33)18-22)42(39,40)23-10-8-7-9-11-23/h7-15,17-18,27H,4-6,16,19-20H2,1-3H3,(H,34,38). The molecule has 42 heavy (non-hydrogen) atoms. The van der Waals surface area contributed by atoms with Crippen LogP contribution in [0.4, 0.5) is 5.69 Å². The van der Waals surface area contributed by atoms with Gasteiger partial charge < -0.3 is 15.0 Å². The zero-order valence-electron chi connectivity index (χ0n) is 23.6. The summed E-state index contributed by atoms with van der Waals surface area (Å²) in [4.78, 5) is 28.8. The van der Waals surface area contributed by atoms with E-state index in [2.05, 4.69) is 5.32 Å². The minimum atomic E-state index is -4.23. The molecule has 2 amide bonds. The molecule has 0 saturated heterocycles. The number of rotatable bonds is 14. The predicted octanol–water partition coefficient (Wildman–Crippen LogP) is 6.57. The van der Waals surface area contributed by atoms with E-state index in [9.17, 15) is 18.0 Å². The molecule has 226 valence electrons. The third-order valence-corrected chi connectivity index (χ3v) is 9.41. The monoisotopic (exact) mass is 653 g/mol. The third kappa shape index (κ3) is 8.31. The molecule has 0 fully saturated rings. The molecule has 0 spiro atoms. The van der Waals surface area contributed by atoms with Crippen LogP contribution in [-0.2, 0) is 26.2 Å². The lowest BCUT2D eigenvalue weighted by Gasteiger charge is -2.33. The second-order valence-corrected chi connectivity index (χ2v) is 12.6. The number of unbranched alkanes of at least 4 members (excludes halogenated alkanes) is 1. The molecule has 0 aliphatic heterocycles. The fraction of sp³-hybridized carbons (Fsp3) is 0.333. The van der Waals surface area contributed by atoms with E-state index in [0.717, 1.165) is 17.1 Å². The number of nitrogens with one attached hydrogen (secondary N) is 1. The predicted molar refractivity (Wildman–Crippen MR) is 168 cm³/mol.